The van der Waals surface area contributed by atoms with E-state index >= 15 is 0 Å². The molecule has 0 aliphatic heterocycles. The molecule has 4 heteroatoms. The topological polar surface area (TPSA) is 43.4 Å². The summed E-state index contributed by atoms with van der Waals surface area (Å²) in [5, 5.41) is 3.25. The summed E-state index contributed by atoms with van der Waals surface area (Å²) in [6, 6.07) is 49.0. The zero-order valence-corrected chi connectivity index (χ0v) is 21.2. The van der Waals surface area contributed by atoms with Crippen molar-refractivity contribution in [3.63, 3.8) is 0 Å². The minimum atomic E-state index is -3.10. The number of carbonyl (C=O) groups is 2. The molecule has 3 nitrogen and oxygen atoms in total. The predicted molar refractivity (Wildman–Crippen MR) is 150 cm³/mol. The van der Waals surface area contributed by atoms with Gasteiger partial charge in [-0.25, -0.2) is 4.79 Å². The number of carbonyl (C=O) groups excluding carboxylic acids is 2. The van der Waals surface area contributed by atoms with E-state index in [1.807, 2.05) is 91.0 Å². The third kappa shape index (κ3) is 4.79. The van der Waals surface area contributed by atoms with Crippen molar-refractivity contribution in [2.75, 3.05) is 0 Å². The normalized spacial score (nSPS) is 11.9. The smallest absolute Gasteiger partial charge is 0.379 e. The highest BCUT2D eigenvalue weighted by atomic mass is 28.3. The number of hydrogen-bond donors (Lipinski definition) is 0. The van der Waals surface area contributed by atoms with Gasteiger partial charge in [-0.3, -0.25) is 4.79 Å². The molecule has 0 heterocycles. The van der Waals surface area contributed by atoms with Gasteiger partial charge in [0, 0.05) is 5.56 Å². The molecule has 5 aromatic rings. The van der Waals surface area contributed by atoms with Gasteiger partial charge in [-0.1, -0.05) is 152 Å². The SMILES string of the molecule is O=C(O[C@@H](c1ccccc1)[Si](c1ccccc1)(c1ccccc1)c1ccccc1)C(=O)c1ccccc1. The molecule has 0 bridgehead atoms. The summed E-state index contributed by atoms with van der Waals surface area (Å²) >= 11 is 0. The molecule has 0 N–H and O–H groups in total. The van der Waals surface area contributed by atoms with E-state index in [0.29, 0.717) is 5.56 Å². The molecule has 0 saturated heterocycles. The first-order chi connectivity index (χ1) is 18.2. The van der Waals surface area contributed by atoms with Crippen LogP contribution in [0, 0.1) is 0 Å². The number of Topliss-reactive ketones (excluding diaryl/α,β-unsaturated/α-hetero) is 1. The van der Waals surface area contributed by atoms with Gasteiger partial charge >= 0.3 is 5.97 Å². The molecule has 0 amide bonds. The molecule has 37 heavy (non-hydrogen) atoms. The molecule has 1 atom stereocenters. The lowest BCUT2D eigenvalue weighted by molar-refractivity contribution is -0.140. The maximum Gasteiger partial charge on any atom is 0.379 e. The van der Waals surface area contributed by atoms with Crippen molar-refractivity contribution in [1.29, 1.82) is 0 Å². The van der Waals surface area contributed by atoms with Gasteiger partial charge in [0.25, 0.3) is 5.78 Å². The lowest BCUT2D eigenvalue weighted by Crippen LogP contribution is -2.71. The first-order valence-electron chi connectivity index (χ1n) is 12.2. The molecule has 0 radical (unpaired) electrons. The molecular weight excluding hydrogens is 472 g/mol. The quantitative estimate of drug-likeness (QED) is 0.101. The first-order valence-corrected chi connectivity index (χ1v) is 14.3. The summed E-state index contributed by atoms with van der Waals surface area (Å²) < 4.78 is 6.35. The Morgan fingerprint density at radius 1 is 0.486 bits per heavy atom. The Kier molecular flexibility index (Phi) is 7.20. The van der Waals surface area contributed by atoms with E-state index < -0.39 is 25.6 Å². The molecule has 0 aliphatic carbocycles. The zero-order valence-electron chi connectivity index (χ0n) is 20.2. The summed E-state index contributed by atoms with van der Waals surface area (Å²) in [7, 11) is -3.10. The van der Waals surface area contributed by atoms with E-state index in [-0.39, 0.29) is 0 Å². The van der Waals surface area contributed by atoms with Crippen molar-refractivity contribution in [3.8, 4) is 0 Å². The Bertz CT molecular complexity index is 1360. The standard InChI is InChI=1S/C33H26O3Si/c34-31(26-16-6-1-7-17-26)32(35)36-33(27-18-8-2-9-19-27)37(28-20-10-3-11-21-28,29-22-12-4-13-23-29)30-24-14-5-15-25-30/h1-25,33H/t33-/m1/s1. The van der Waals surface area contributed by atoms with Gasteiger partial charge in [-0.2, -0.15) is 0 Å². The second kappa shape index (κ2) is 11.0. The Morgan fingerprint density at radius 2 is 0.838 bits per heavy atom. The van der Waals surface area contributed by atoms with Gasteiger partial charge in [0.1, 0.15) is 5.73 Å². The second-order valence-corrected chi connectivity index (χ2v) is 12.7. The minimum Gasteiger partial charge on any atom is -0.454 e. The van der Waals surface area contributed by atoms with Gasteiger partial charge < -0.3 is 4.74 Å². The summed E-state index contributed by atoms with van der Waals surface area (Å²) in [4.78, 5) is 26.7. The monoisotopic (exact) mass is 498 g/mol. The fourth-order valence-corrected chi connectivity index (χ4v) is 10.00. The highest BCUT2D eigenvalue weighted by Crippen LogP contribution is 2.30. The van der Waals surface area contributed by atoms with Gasteiger partial charge in [-0.05, 0) is 21.1 Å². The van der Waals surface area contributed by atoms with Gasteiger partial charge in [-0.15, -0.1) is 0 Å². The Balaban J connectivity index is 1.77. The minimum absolute atomic E-state index is 0.311. The molecule has 0 saturated carbocycles. The highest BCUT2D eigenvalue weighted by molar-refractivity contribution is 7.12. The molecule has 0 aromatic heterocycles. The number of ether oxygens (including phenoxy) is 1. The van der Waals surface area contributed by atoms with Crippen molar-refractivity contribution in [2.24, 2.45) is 0 Å². The molecule has 180 valence electrons. The second-order valence-electron chi connectivity index (χ2n) is 8.80. The van der Waals surface area contributed by atoms with E-state index in [0.717, 1.165) is 21.1 Å². The predicted octanol–water partition coefficient (Wildman–Crippen LogP) is 4.86. The summed E-state index contributed by atoms with van der Waals surface area (Å²) in [5.41, 5.74) is 0.465. The highest BCUT2D eigenvalue weighted by Gasteiger charge is 2.50. The Morgan fingerprint density at radius 3 is 1.24 bits per heavy atom. The maximum absolute atomic E-state index is 13.5. The molecule has 0 spiro atoms. The first kappa shape index (κ1) is 24.2. The fourth-order valence-electron chi connectivity index (χ4n) is 4.96. The Labute approximate surface area is 218 Å². The summed E-state index contributed by atoms with van der Waals surface area (Å²) in [6.07, 6.45) is 0. The average molecular weight is 499 g/mol. The number of esters is 1. The summed E-state index contributed by atoms with van der Waals surface area (Å²) in [6.45, 7) is 0. The van der Waals surface area contributed by atoms with Crippen LogP contribution in [0.4, 0.5) is 0 Å². The van der Waals surface area contributed by atoms with Crippen LogP contribution in [-0.4, -0.2) is 19.8 Å². The number of ketones is 1. The molecule has 0 fully saturated rings. The van der Waals surface area contributed by atoms with Gasteiger partial charge in [0.2, 0.25) is 0 Å². The lowest BCUT2D eigenvalue weighted by atomic mass is 10.1. The van der Waals surface area contributed by atoms with E-state index in [2.05, 4.69) is 36.4 Å². The zero-order chi connectivity index (χ0) is 25.5. The third-order valence-electron chi connectivity index (χ3n) is 6.63. The maximum atomic E-state index is 13.5. The largest absolute Gasteiger partial charge is 0.454 e. The van der Waals surface area contributed by atoms with Crippen molar-refractivity contribution in [3.05, 3.63) is 163 Å². The van der Waals surface area contributed by atoms with Crippen molar-refractivity contribution >= 4 is 35.4 Å². The van der Waals surface area contributed by atoms with Crippen LogP contribution in [0.25, 0.3) is 0 Å². The van der Waals surface area contributed by atoms with E-state index in [1.165, 1.54) is 0 Å². The van der Waals surface area contributed by atoms with E-state index in [9.17, 15) is 9.59 Å². The van der Waals surface area contributed by atoms with Crippen LogP contribution < -0.4 is 15.6 Å². The molecular formula is C33H26O3Si. The third-order valence-corrected chi connectivity index (χ3v) is 11.6. The van der Waals surface area contributed by atoms with Gasteiger partial charge in [0.05, 0.1) is 0 Å². The van der Waals surface area contributed by atoms with Crippen LogP contribution in [-0.2, 0) is 9.53 Å². The average Bonchev–Trinajstić information content (AvgIpc) is 2.99. The van der Waals surface area contributed by atoms with Crippen LogP contribution >= 0.6 is 0 Å². The molecule has 0 unspecified atom stereocenters. The molecule has 5 aromatic carbocycles. The van der Waals surface area contributed by atoms with E-state index in [4.69, 9.17) is 4.74 Å². The van der Waals surface area contributed by atoms with Crippen LogP contribution in [0.1, 0.15) is 21.6 Å². The molecule has 0 aliphatic rings. The number of rotatable bonds is 8. The number of benzene rings is 5. The van der Waals surface area contributed by atoms with Crippen molar-refractivity contribution in [2.45, 2.75) is 5.73 Å². The lowest BCUT2D eigenvalue weighted by Gasteiger charge is -2.40. The van der Waals surface area contributed by atoms with Crippen molar-refractivity contribution in [1.82, 2.24) is 0 Å². The van der Waals surface area contributed by atoms with Crippen molar-refractivity contribution < 1.29 is 14.3 Å². The fraction of sp³-hybridized carbons (Fsp3) is 0.0303. The van der Waals surface area contributed by atoms with Gasteiger partial charge in [0.15, 0.2) is 8.07 Å². The van der Waals surface area contributed by atoms with Crippen LogP contribution in [0.2, 0.25) is 0 Å². The Hall–Kier alpha value is -4.54. The summed E-state index contributed by atoms with van der Waals surface area (Å²) in [5.74, 6) is -1.52. The number of hydrogen-bond acceptors (Lipinski definition) is 3. The van der Waals surface area contributed by atoms with E-state index in [1.54, 1.807) is 24.3 Å². The molecule has 5 rings (SSSR count). The van der Waals surface area contributed by atoms with Crippen LogP contribution in [0.15, 0.2) is 152 Å². The van der Waals surface area contributed by atoms with Crippen LogP contribution in [0.5, 0.6) is 0 Å². The van der Waals surface area contributed by atoms with Crippen LogP contribution in [0.3, 0.4) is 0 Å².